The lowest BCUT2D eigenvalue weighted by atomic mass is 10.4. The van der Waals surface area contributed by atoms with E-state index in [0.29, 0.717) is 0 Å². The molecule has 0 saturated heterocycles. The minimum atomic E-state index is -3.50. The number of sulfone groups is 1. The Morgan fingerprint density at radius 1 is 1.58 bits per heavy atom. The lowest BCUT2D eigenvalue weighted by Gasteiger charge is -2.03. The summed E-state index contributed by atoms with van der Waals surface area (Å²) in [5.74, 6) is -1.97. The van der Waals surface area contributed by atoms with Crippen molar-refractivity contribution in [3.63, 3.8) is 0 Å². The molecule has 0 spiro atoms. The molecule has 0 radical (unpaired) electrons. The van der Waals surface area contributed by atoms with Crippen LogP contribution in [0, 0.1) is 0 Å². The second kappa shape index (κ2) is 5.58. The lowest BCUT2D eigenvalue weighted by Crippen LogP contribution is -2.37. The van der Waals surface area contributed by atoms with Crippen molar-refractivity contribution in [3.8, 4) is 0 Å². The molecule has 0 heterocycles. The quantitative estimate of drug-likeness (QED) is 0.639. The molecular formula is C4H9Cl2NO4S. The van der Waals surface area contributed by atoms with Gasteiger partial charge in [0.25, 0.3) is 0 Å². The van der Waals surface area contributed by atoms with Crippen molar-refractivity contribution < 1.29 is 18.3 Å². The van der Waals surface area contributed by atoms with E-state index in [1.807, 2.05) is 0 Å². The van der Waals surface area contributed by atoms with Gasteiger partial charge in [-0.3, -0.25) is 4.79 Å². The zero-order valence-electron chi connectivity index (χ0n) is 5.94. The van der Waals surface area contributed by atoms with Crippen LogP contribution in [0.1, 0.15) is 0 Å². The van der Waals surface area contributed by atoms with Gasteiger partial charge in [0.1, 0.15) is 11.3 Å². The van der Waals surface area contributed by atoms with Crippen LogP contribution in [0.4, 0.5) is 0 Å². The van der Waals surface area contributed by atoms with Gasteiger partial charge in [-0.1, -0.05) is 0 Å². The Bertz CT molecular complexity index is 239. The molecule has 0 aliphatic rings. The molecule has 12 heavy (non-hydrogen) atoms. The molecule has 0 bridgehead atoms. The van der Waals surface area contributed by atoms with E-state index in [4.69, 9.17) is 22.4 Å². The van der Waals surface area contributed by atoms with E-state index in [0.717, 1.165) is 0 Å². The summed E-state index contributed by atoms with van der Waals surface area (Å²) in [6.45, 7) is 0. The molecule has 0 aliphatic carbocycles. The molecule has 0 fully saturated rings. The first-order chi connectivity index (χ1) is 4.89. The Hall–Kier alpha value is -0.0400. The molecule has 0 aromatic heterocycles. The van der Waals surface area contributed by atoms with E-state index in [1.54, 1.807) is 0 Å². The molecule has 1 atom stereocenters. The van der Waals surface area contributed by atoms with Crippen LogP contribution < -0.4 is 5.73 Å². The SMILES string of the molecule is Cl.NC(CS(=O)(=O)CCl)C(=O)O. The van der Waals surface area contributed by atoms with Gasteiger partial charge in [-0.05, 0) is 0 Å². The highest BCUT2D eigenvalue weighted by atomic mass is 35.5. The molecule has 0 saturated carbocycles. The summed E-state index contributed by atoms with van der Waals surface area (Å²) in [6, 6.07) is -1.39. The molecular weight excluding hydrogens is 229 g/mol. The van der Waals surface area contributed by atoms with Gasteiger partial charge >= 0.3 is 5.97 Å². The minimum absolute atomic E-state index is 0. The number of alkyl halides is 1. The van der Waals surface area contributed by atoms with Crippen molar-refractivity contribution in [2.24, 2.45) is 5.73 Å². The van der Waals surface area contributed by atoms with Crippen LogP contribution in [0.15, 0.2) is 0 Å². The average Bonchev–Trinajstić information content (AvgIpc) is 1.87. The topological polar surface area (TPSA) is 97.5 Å². The van der Waals surface area contributed by atoms with Gasteiger partial charge < -0.3 is 10.8 Å². The standard InChI is InChI=1S/C4H8ClNO4S.ClH/c5-2-11(9,10)1-3(6)4(7)8;/h3H,1-2,6H2,(H,7,8);1H. The van der Waals surface area contributed by atoms with Crippen molar-refractivity contribution in [1.29, 1.82) is 0 Å². The van der Waals surface area contributed by atoms with Gasteiger partial charge in [-0.25, -0.2) is 8.42 Å². The molecule has 5 nitrogen and oxygen atoms in total. The van der Waals surface area contributed by atoms with E-state index >= 15 is 0 Å². The van der Waals surface area contributed by atoms with Crippen molar-refractivity contribution in [1.82, 2.24) is 0 Å². The van der Waals surface area contributed by atoms with Crippen LogP contribution in [-0.4, -0.2) is 36.5 Å². The van der Waals surface area contributed by atoms with Crippen molar-refractivity contribution >= 4 is 39.8 Å². The van der Waals surface area contributed by atoms with Gasteiger partial charge in [0.15, 0.2) is 9.84 Å². The summed E-state index contributed by atoms with van der Waals surface area (Å²) in [5.41, 5.74) is 4.94. The molecule has 0 aromatic carbocycles. The zero-order valence-corrected chi connectivity index (χ0v) is 8.32. The molecule has 74 valence electrons. The summed E-state index contributed by atoms with van der Waals surface area (Å²) in [4.78, 5) is 10.1. The maximum absolute atomic E-state index is 10.6. The summed E-state index contributed by atoms with van der Waals surface area (Å²) in [6.07, 6.45) is 0. The summed E-state index contributed by atoms with van der Waals surface area (Å²) < 4.78 is 21.3. The Balaban J connectivity index is 0. The Labute approximate surface area is 81.2 Å². The molecule has 0 aliphatic heterocycles. The lowest BCUT2D eigenvalue weighted by molar-refractivity contribution is -0.137. The van der Waals surface area contributed by atoms with Crippen molar-refractivity contribution in [3.05, 3.63) is 0 Å². The first kappa shape index (κ1) is 14.5. The van der Waals surface area contributed by atoms with E-state index in [2.05, 4.69) is 0 Å². The van der Waals surface area contributed by atoms with E-state index < -0.39 is 32.8 Å². The third kappa shape index (κ3) is 5.59. The highest BCUT2D eigenvalue weighted by Gasteiger charge is 2.20. The normalized spacial score (nSPS) is 13.2. The maximum atomic E-state index is 10.6. The molecule has 1 unspecified atom stereocenters. The molecule has 3 N–H and O–H groups in total. The van der Waals surface area contributed by atoms with Gasteiger partial charge in [-0.15, -0.1) is 24.0 Å². The fourth-order valence-corrected chi connectivity index (χ4v) is 1.44. The summed E-state index contributed by atoms with van der Waals surface area (Å²) >= 11 is 5.01. The predicted octanol–water partition coefficient (Wildman–Crippen LogP) is -0.569. The highest BCUT2D eigenvalue weighted by Crippen LogP contribution is 1.95. The number of carbonyl (C=O) groups is 1. The van der Waals surface area contributed by atoms with Gasteiger partial charge in [0.2, 0.25) is 0 Å². The molecule has 0 rings (SSSR count). The van der Waals surface area contributed by atoms with Crippen molar-refractivity contribution in [2.45, 2.75) is 6.04 Å². The smallest absolute Gasteiger partial charge is 0.321 e. The number of nitrogens with two attached hydrogens (primary N) is 1. The van der Waals surface area contributed by atoms with Gasteiger partial charge in [-0.2, -0.15) is 0 Å². The van der Waals surface area contributed by atoms with Gasteiger partial charge in [0, 0.05) is 0 Å². The fraction of sp³-hybridized carbons (Fsp3) is 0.750. The number of hydrogen-bond donors (Lipinski definition) is 2. The first-order valence-corrected chi connectivity index (χ1v) is 4.99. The summed E-state index contributed by atoms with van der Waals surface area (Å²) in [5, 5.41) is 7.61. The number of aliphatic carboxylic acids is 1. The molecule has 0 aromatic rings. The zero-order chi connectivity index (χ0) is 9.07. The third-order valence-electron chi connectivity index (χ3n) is 0.917. The third-order valence-corrected chi connectivity index (χ3v) is 3.11. The summed E-state index contributed by atoms with van der Waals surface area (Å²) in [7, 11) is -3.50. The minimum Gasteiger partial charge on any atom is -0.480 e. The van der Waals surface area contributed by atoms with Crippen LogP contribution in [0.5, 0.6) is 0 Å². The van der Waals surface area contributed by atoms with Crippen LogP contribution >= 0.6 is 24.0 Å². The van der Waals surface area contributed by atoms with Crippen molar-refractivity contribution in [2.75, 3.05) is 11.0 Å². The number of hydrogen-bond acceptors (Lipinski definition) is 4. The largest absolute Gasteiger partial charge is 0.480 e. The second-order valence-electron chi connectivity index (χ2n) is 1.96. The average molecular weight is 238 g/mol. The van der Waals surface area contributed by atoms with E-state index in [1.165, 1.54) is 0 Å². The van der Waals surface area contributed by atoms with E-state index in [9.17, 15) is 13.2 Å². The van der Waals surface area contributed by atoms with Crippen LogP contribution in [0.25, 0.3) is 0 Å². The van der Waals surface area contributed by atoms with Crippen LogP contribution in [0.2, 0.25) is 0 Å². The predicted molar refractivity (Wildman–Crippen MR) is 47.4 cm³/mol. The number of halogens is 2. The Kier molecular flexibility index (Phi) is 6.73. The Morgan fingerprint density at radius 2 is 2.00 bits per heavy atom. The fourth-order valence-electron chi connectivity index (χ4n) is 0.389. The van der Waals surface area contributed by atoms with Crippen LogP contribution in [0.3, 0.4) is 0 Å². The first-order valence-electron chi connectivity index (χ1n) is 2.64. The van der Waals surface area contributed by atoms with Gasteiger partial charge in [0.05, 0.1) is 5.75 Å². The maximum Gasteiger partial charge on any atom is 0.321 e. The van der Waals surface area contributed by atoms with Crippen LogP contribution in [-0.2, 0) is 14.6 Å². The molecule has 8 heteroatoms. The Morgan fingerprint density at radius 3 is 2.25 bits per heavy atom. The molecule has 0 amide bonds. The monoisotopic (exact) mass is 237 g/mol. The highest BCUT2D eigenvalue weighted by molar-refractivity contribution is 7.92. The van der Waals surface area contributed by atoms with E-state index in [-0.39, 0.29) is 12.4 Å². The number of carboxylic acid groups (broad SMARTS) is 1. The second-order valence-corrected chi connectivity index (χ2v) is 4.66. The number of carboxylic acids is 1. The number of rotatable bonds is 4.